The van der Waals surface area contributed by atoms with Crippen LogP contribution in [0.15, 0.2) is 60.8 Å². The van der Waals surface area contributed by atoms with Gasteiger partial charge in [0.05, 0.1) is 10.2 Å². The molecular weight excluding hydrogens is 361 g/mol. The lowest BCUT2D eigenvalue weighted by molar-refractivity contribution is 0.0951. The first-order chi connectivity index (χ1) is 13.1. The number of halogens is 1. The van der Waals surface area contributed by atoms with Gasteiger partial charge in [0.15, 0.2) is 0 Å². The zero-order valence-electron chi connectivity index (χ0n) is 14.6. The molecule has 2 heterocycles. The fourth-order valence-corrected chi connectivity index (χ4v) is 3.86. The number of fused-ring (bicyclic) bond motifs is 1. The Balaban J connectivity index is 1.55. The molecule has 2 aromatic carbocycles. The van der Waals surface area contributed by atoms with Crippen molar-refractivity contribution in [2.75, 3.05) is 0 Å². The number of hydrogen-bond acceptors (Lipinski definition) is 4. The second-order valence-electron chi connectivity index (χ2n) is 6.15. The van der Waals surface area contributed by atoms with Crippen LogP contribution in [0, 0.1) is 12.7 Å². The number of benzene rings is 2. The van der Waals surface area contributed by atoms with E-state index in [1.165, 1.54) is 23.5 Å². The fourth-order valence-electron chi connectivity index (χ4n) is 2.78. The lowest BCUT2D eigenvalue weighted by Gasteiger charge is -2.05. The Kier molecular flexibility index (Phi) is 4.64. The average Bonchev–Trinajstić information content (AvgIpc) is 3.10. The van der Waals surface area contributed by atoms with Crippen molar-refractivity contribution in [3.8, 4) is 10.6 Å². The van der Waals surface area contributed by atoms with Gasteiger partial charge < -0.3 is 5.32 Å². The first kappa shape index (κ1) is 17.3. The second kappa shape index (κ2) is 7.25. The lowest BCUT2D eigenvalue weighted by Crippen LogP contribution is -2.22. The maximum atomic E-state index is 13.0. The summed E-state index contributed by atoms with van der Waals surface area (Å²) in [6.45, 7) is 2.30. The van der Waals surface area contributed by atoms with Gasteiger partial charge in [0.1, 0.15) is 10.8 Å². The van der Waals surface area contributed by atoms with Crippen molar-refractivity contribution in [1.82, 2.24) is 15.3 Å². The minimum Gasteiger partial charge on any atom is -0.348 e. The van der Waals surface area contributed by atoms with Gasteiger partial charge in [-0.05, 0) is 55.0 Å². The molecule has 27 heavy (non-hydrogen) atoms. The Bertz CT molecular complexity index is 1120. The van der Waals surface area contributed by atoms with E-state index in [0.29, 0.717) is 12.1 Å². The fraction of sp³-hybridized carbons (Fsp3) is 0.0952. The highest BCUT2D eigenvalue weighted by molar-refractivity contribution is 7.21. The van der Waals surface area contributed by atoms with E-state index in [-0.39, 0.29) is 11.7 Å². The zero-order valence-corrected chi connectivity index (χ0v) is 15.4. The van der Waals surface area contributed by atoms with Gasteiger partial charge >= 0.3 is 0 Å². The number of hydrogen-bond donors (Lipinski definition) is 1. The molecule has 0 aliphatic heterocycles. The second-order valence-corrected chi connectivity index (χ2v) is 7.18. The van der Waals surface area contributed by atoms with Gasteiger partial charge in [0.25, 0.3) is 5.91 Å². The lowest BCUT2D eigenvalue weighted by atomic mass is 10.2. The van der Waals surface area contributed by atoms with Crippen LogP contribution in [0.1, 0.15) is 21.6 Å². The van der Waals surface area contributed by atoms with Crippen LogP contribution >= 0.6 is 11.3 Å². The molecule has 0 saturated carbocycles. The molecule has 4 nitrogen and oxygen atoms in total. The van der Waals surface area contributed by atoms with E-state index in [1.807, 2.05) is 31.2 Å². The Morgan fingerprint density at radius 3 is 2.74 bits per heavy atom. The van der Waals surface area contributed by atoms with Crippen LogP contribution in [0.3, 0.4) is 0 Å². The summed E-state index contributed by atoms with van der Waals surface area (Å²) in [5.74, 6) is -0.464. The number of amides is 1. The molecule has 6 heteroatoms. The van der Waals surface area contributed by atoms with Gasteiger partial charge in [-0.25, -0.2) is 9.37 Å². The molecule has 2 aromatic heterocycles. The smallest absolute Gasteiger partial charge is 0.251 e. The van der Waals surface area contributed by atoms with Crippen molar-refractivity contribution in [3.63, 3.8) is 0 Å². The molecule has 0 aliphatic carbocycles. The quantitative estimate of drug-likeness (QED) is 0.559. The van der Waals surface area contributed by atoms with Crippen molar-refractivity contribution < 1.29 is 9.18 Å². The molecule has 0 bridgehead atoms. The summed E-state index contributed by atoms with van der Waals surface area (Å²) in [5.41, 5.74) is 4.20. The van der Waals surface area contributed by atoms with Crippen molar-refractivity contribution in [1.29, 1.82) is 0 Å². The highest BCUT2D eigenvalue weighted by Gasteiger charge is 2.12. The summed E-state index contributed by atoms with van der Waals surface area (Å²) in [4.78, 5) is 21.4. The van der Waals surface area contributed by atoms with Crippen LogP contribution in [-0.2, 0) is 6.54 Å². The minimum atomic E-state index is -0.291. The van der Waals surface area contributed by atoms with E-state index in [2.05, 4.69) is 15.3 Å². The van der Waals surface area contributed by atoms with Crippen molar-refractivity contribution in [2.45, 2.75) is 13.5 Å². The van der Waals surface area contributed by atoms with Crippen LogP contribution in [0.5, 0.6) is 0 Å². The molecule has 0 radical (unpaired) electrons. The standard InChI is InChI=1S/C21H16FN3OS/c1-13-17(3-2-10-23-13)21-25-18-9-6-15(11-19(18)27-21)20(26)24-12-14-4-7-16(22)8-5-14/h2-11H,12H2,1H3,(H,24,26). The van der Waals surface area contributed by atoms with Gasteiger partial charge in [-0.2, -0.15) is 0 Å². The Morgan fingerprint density at radius 2 is 1.96 bits per heavy atom. The number of aryl methyl sites for hydroxylation is 1. The maximum absolute atomic E-state index is 13.0. The summed E-state index contributed by atoms with van der Waals surface area (Å²) in [6.07, 6.45) is 1.76. The molecular formula is C21H16FN3OS. The zero-order chi connectivity index (χ0) is 18.8. The third-order valence-electron chi connectivity index (χ3n) is 4.25. The first-order valence-corrected chi connectivity index (χ1v) is 9.27. The molecule has 0 fully saturated rings. The molecule has 4 rings (SSSR count). The highest BCUT2D eigenvalue weighted by atomic mass is 32.1. The van der Waals surface area contributed by atoms with Gasteiger partial charge in [-0.1, -0.05) is 12.1 Å². The third kappa shape index (κ3) is 3.71. The average molecular weight is 377 g/mol. The molecule has 0 saturated heterocycles. The van der Waals surface area contributed by atoms with Gasteiger partial charge in [-0.3, -0.25) is 9.78 Å². The topological polar surface area (TPSA) is 54.9 Å². The third-order valence-corrected chi connectivity index (χ3v) is 5.31. The molecule has 0 aliphatic rings. The molecule has 0 atom stereocenters. The van der Waals surface area contributed by atoms with Crippen LogP contribution in [0.25, 0.3) is 20.8 Å². The first-order valence-electron chi connectivity index (χ1n) is 8.45. The predicted octanol–water partition coefficient (Wildman–Crippen LogP) is 4.74. The molecule has 1 amide bonds. The maximum Gasteiger partial charge on any atom is 0.251 e. The predicted molar refractivity (Wildman–Crippen MR) is 105 cm³/mol. The number of pyridine rings is 1. The number of nitrogens with one attached hydrogen (secondary N) is 1. The van der Waals surface area contributed by atoms with Crippen molar-refractivity contribution in [2.24, 2.45) is 0 Å². The summed E-state index contributed by atoms with van der Waals surface area (Å²) in [7, 11) is 0. The normalized spacial score (nSPS) is 10.9. The summed E-state index contributed by atoms with van der Waals surface area (Å²) >= 11 is 1.54. The van der Waals surface area contributed by atoms with Gasteiger partial charge in [0.2, 0.25) is 0 Å². The summed E-state index contributed by atoms with van der Waals surface area (Å²) in [6, 6.07) is 15.4. The number of rotatable bonds is 4. The summed E-state index contributed by atoms with van der Waals surface area (Å²) < 4.78 is 13.9. The monoisotopic (exact) mass is 377 g/mol. The van der Waals surface area contributed by atoms with Gasteiger partial charge in [0, 0.05) is 29.6 Å². The molecule has 0 spiro atoms. The number of nitrogens with zero attached hydrogens (tertiary/aromatic N) is 2. The van der Waals surface area contributed by atoms with E-state index in [0.717, 1.165) is 32.0 Å². The van der Waals surface area contributed by atoms with E-state index >= 15 is 0 Å². The van der Waals surface area contributed by atoms with E-state index < -0.39 is 0 Å². The van der Waals surface area contributed by atoms with Crippen LogP contribution < -0.4 is 5.32 Å². The summed E-state index contributed by atoms with van der Waals surface area (Å²) in [5, 5.41) is 3.75. The molecule has 0 unspecified atom stereocenters. The largest absolute Gasteiger partial charge is 0.348 e. The number of thiazole rings is 1. The van der Waals surface area contributed by atoms with Gasteiger partial charge in [-0.15, -0.1) is 11.3 Å². The highest BCUT2D eigenvalue weighted by Crippen LogP contribution is 2.31. The van der Waals surface area contributed by atoms with E-state index in [4.69, 9.17) is 0 Å². The Labute approximate surface area is 159 Å². The van der Waals surface area contributed by atoms with Crippen molar-refractivity contribution >= 4 is 27.5 Å². The SMILES string of the molecule is Cc1ncccc1-c1nc2ccc(C(=O)NCc3ccc(F)cc3)cc2s1. The number of carbonyl (C=O) groups is 1. The van der Waals surface area contributed by atoms with Crippen LogP contribution in [-0.4, -0.2) is 15.9 Å². The van der Waals surface area contributed by atoms with Crippen LogP contribution in [0.4, 0.5) is 4.39 Å². The van der Waals surface area contributed by atoms with E-state index in [9.17, 15) is 9.18 Å². The molecule has 1 N–H and O–H groups in total. The van der Waals surface area contributed by atoms with E-state index in [1.54, 1.807) is 24.4 Å². The minimum absolute atomic E-state index is 0.172. The molecule has 4 aromatic rings. The Morgan fingerprint density at radius 1 is 1.15 bits per heavy atom. The molecule has 134 valence electrons. The number of aromatic nitrogens is 2. The van der Waals surface area contributed by atoms with Crippen molar-refractivity contribution in [3.05, 3.63) is 83.4 Å². The number of carbonyl (C=O) groups excluding carboxylic acids is 1. The van der Waals surface area contributed by atoms with Crippen LogP contribution in [0.2, 0.25) is 0 Å². The Hall–Kier alpha value is -3.12.